The van der Waals surface area contributed by atoms with Gasteiger partial charge in [-0.1, -0.05) is 24.3 Å². The molecule has 5 rings (SSSR count). The number of H-pyrrole nitrogens is 1. The van der Waals surface area contributed by atoms with Crippen molar-refractivity contribution in [1.29, 1.82) is 0 Å². The van der Waals surface area contributed by atoms with Gasteiger partial charge in [0.25, 0.3) is 5.56 Å². The average Bonchev–Trinajstić information content (AvgIpc) is 3.22. The highest BCUT2D eigenvalue weighted by Crippen LogP contribution is 2.21. The lowest BCUT2D eigenvalue weighted by Gasteiger charge is -2.14. The van der Waals surface area contributed by atoms with Crippen molar-refractivity contribution >= 4 is 22.1 Å². The fourth-order valence-corrected chi connectivity index (χ4v) is 3.13. The third-order valence-electron chi connectivity index (χ3n) is 4.47. The van der Waals surface area contributed by atoms with Crippen LogP contribution in [0.4, 0.5) is 4.39 Å². The second-order valence-corrected chi connectivity index (χ2v) is 6.21. The maximum absolute atomic E-state index is 14.3. The zero-order chi connectivity index (χ0) is 19.8. The van der Waals surface area contributed by atoms with E-state index >= 15 is 0 Å². The summed E-state index contributed by atoms with van der Waals surface area (Å²) in [5.41, 5.74) is 1.87. The summed E-state index contributed by atoms with van der Waals surface area (Å²) in [4.78, 5) is 32.8. The number of rotatable bonds is 4. The van der Waals surface area contributed by atoms with E-state index < -0.39 is 11.4 Å². The quantitative estimate of drug-likeness (QED) is 0.508. The maximum Gasteiger partial charge on any atom is 0.304 e. The lowest BCUT2D eigenvalue weighted by molar-refractivity contribution is 0.270. The van der Waals surface area contributed by atoms with Crippen LogP contribution < -0.4 is 10.3 Å². The van der Waals surface area contributed by atoms with E-state index in [9.17, 15) is 9.18 Å². The summed E-state index contributed by atoms with van der Waals surface area (Å²) in [5.74, 6) is -0.633. The van der Waals surface area contributed by atoms with E-state index in [1.165, 1.54) is 29.4 Å². The summed E-state index contributed by atoms with van der Waals surface area (Å²) >= 11 is 0. The maximum atomic E-state index is 14.3. The summed E-state index contributed by atoms with van der Waals surface area (Å²) < 4.78 is 21.5. The standard InChI is InChI=1S/C20H13FN6O2/c21-13-7-4-8-14-16(13)19(28)27(12-5-2-1-3-6-12)20(26-14)29-9-15-17-18(24-10-22-15)25-11-23-17/h1-8,10-11H,9H2,(H,22,23,24,25). The van der Waals surface area contributed by atoms with E-state index in [-0.39, 0.29) is 23.5 Å². The van der Waals surface area contributed by atoms with Crippen molar-refractivity contribution in [2.45, 2.75) is 6.61 Å². The van der Waals surface area contributed by atoms with Crippen molar-refractivity contribution < 1.29 is 9.13 Å². The van der Waals surface area contributed by atoms with E-state index in [0.717, 1.165) is 0 Å². The van der Waals surface area contributed by atoms with Gasteiger partial charge in [0.1, 0.15) is 35.3 Å². The molecule has 0 radical (unpaired) electrons. The van der Waals surface area contributed by atoms with Crippen LogP contribution in [0.25, 0.3) is 27.8 Å². The van der Waals surface area contributed by atoms with Gasteiger partial charge >= 0.3 is 6.01 Å². The number of para-hydroxylation sites is 1. The second kappa shape index (κ2) is 6.79. The highest BCUT2D eigenvalue weighted by molar-refractivity contribution is 5.79. The number of fused-ring (bicyclic) bond motifs is 2. The molecule has 2 aromatic carbocycles. The van der Waals surface area contributed by atoms with Gasteiger partial charge in [-0.05, 0) is 24.3 Å². The van der Waals surface area contributed by atoms with Crippen molar-refractivity contribution in [2.75, 3.05) is 0 Å². The summed E-state index contributed by atoms with van der Waals surface area (Å²) in [6.07, 6.45) is 2.90. The number of nitrogens with one attached hydrogen (secondary N) is 1. The van der Waals surface area contributed by atoms with Crippen LogP contribution in [-0.4, -0.2) is 29.5 Å². The number of benzene rings is 2. The number of hydrogen-bond donors (Lipinski definition) is 1. The lowest BCUT2D eigenvalue weighted by atomic mass is 10.2. The Bertz CT molecular complexity index is 1400. The Morgan fingerprint density at radius 2 is 1.90 bits per heavy atom. The van der Waals surface area contributed by atoms with E-state index in [1.807, 2.05) is 6.07 Å². The minimum atomic E-state index is -0.633. The van der Waals surface area contributed by atoms with Crippen LogP contribution >= 0.6 is 0 Å². The predicted octanol–water partition coefficient (Wildman–Crippen LogP) is 2.77. The molecule has 0 aliphatic heterocycles. The first-order valence-electron chi connectivity index (χ1n) is 8.75. The van der Waals surface area contributed by atoms with E-state index in [4.69, 9.17) is 4.74 Å². The minimum Gasteiger partial charge on any atom is -0.458 e. The third-order valence-corrected chi connectivity index (χ3v) is 4.47. The van der Waals surface area contributed by atoms with Gasteiger partial charge in [0.15, 0.2) is 5.65 Å². The molecule has 0 atom stereocenters. The molecule has 0 bridgehead atoms. The highest BCUT2D eigenvalue weighted by atomic mass is 19.1. The number of imidazole rings is 1. The summed E-state index contributed by atoms with van der Waals surface area (Å²) in [6, 6.07) is 13.1. The van der Waals surface area contributed by atoms with Gasteiger partial charge in [0.2, 0.25) is 0 Å². The topological polar surface area (TPSA) is 98.6 Å². The lowest BCUT2D eigenvalue weighted by Crippen LogP contribution is -2.23. The van der Waals surface area contributed by atoms with Crippen LogP contribution in [0.1, 0.15) is 5.69 Å². The van der Waals surface area contributed by atoms with E-state index in [0.29, 0.717) is 22.5 Å². The van der Waals surface area contributed by atoms with Gasteiger partial charge < -0.3 is 9.72 Å². The molecule has 0 spiro atoms. The number of aromatic nitrogens is 6. The van der Waals surface area contributed by atoms with Crippen molar-refractivity contribution in [3.63, 3.8) is 0 Å². The number of aromatic amines is 1. The third kappa shape index (κ3) is 2.89. The molecule has 8 nitrogen and oxygen atoms in total. The summed E-state index contributed by atoms with van der Waals surface area (Å²) in [5, 5.41) is -0.0957. The van der Waals surface area contributed by atoms with Crippen LogP contribution in [0.2, 0.25) is 0 Å². The molecule has 3 aromatic heterocycles. The zero-order valence-electron chi connectivity index (χ0n) is 14.9. The van der Waals surface area contributed by atoms with Crippen LogP contribution in [0, 0.1) is 5.82 Å². The predicted molar refractivity (Wildman–Crippen MR) is 103 cm³/mol. The first kappa shape index (κ1) is 17.0. The summed E-state index contributed by atoms with van der Waals surface area (Å²) in [6.45, 7) is 0.0152. The van der Waals surface area contributed by atoms with Gasteiger partial charge in [-0.15, -0.1) is 0 Å². The molecule has 0 fully saturated rings. The number of halogens is 1. The Hall–Kier alpha value is -4.14. The molecular weight excluding hydrogens is 375 g/mol. The molecular formula is C20H13FN6O2. The summed E-state index contributed by atoms with van der Waals surface area (Å²) in [7, 11) is 0. The SMILES string of the molecule is O=c1c2c(F)cccc2nc(OCc2ncnc3nc[nH]c23)n1-c1ccccc1. The van der Waals surface area contributed by atoms with Crippen molar-refractivity contribution in [3.05, 3.63) is 83.1 Å². The molecule has 0 aliphatic rings. The van der Waals surface area contributed by atoms with Gasteiger partial charge in [0, 0.05) is 0 Å². The minimum absolute atomic E-state index is 0.0152. The Labute approximate surface area is 162 Å². The van der Waals surface area contributed by atoms with Gasteiger partial charge in [-0.25, -0.2) is 23.9 Å². The normalized spacial score (nSPS) is 11.2. The number of nitrogens with zero attached hydrogens (tertiary/aromatic N) is 5. The van der Waals surface area contributed by atoms with Crippen LogP contribution in [0.15, 0.2) is 66.0 Å². The molecule has 142 valence electrons. The fraction of sp³-hybridized carbons (Fsp3) is 0.0500. The van der Waals surface area contributed by atoms with Gasteiger partial charge in [0.05, 0.1) is 17.5 Å². The van der Waals surface area contributed by atoms with Crippen LogP contribution in [0.5, 0.6) is 6.01 Å². The molecule has 0 saturated heterocycles. The average molecular weight is 388 g/mol. The molecule has 3 heterocycles. The molecule has 0 saturated carbocycles. The van der Waals surface area contributed by atoms with E-state index in [2.05, 4.69) is 24.9 Å². The zero-order valence-corrected chi connectivity index (χ0v) is 14.9. The Kier molecular flexibility index (Phi) is 3.98. The highest BCUT2D eigenvalue weighted by Gasteiger charge is 2.17. The second-order valence-electron chi connectivity index (χ2n) is 6.21. The first-order chi connectivity index (χ1) is 14.2. The Morgan fingerprint density at radius 1 is 1.03 bits per heavy atom. The molecule has 5 aromatic rings. The molecule has 29 heavy (non-hydrogen) atoms. The molecule has 9 heteroatoms. The Morgan fingerprint density at radius 3 is 2.76 bits per heavy atom. The van der Waals surface area contributed by atoms with Crippen LogP contribution in [-0.2, 0) is 6.61 Å². The van der Waals surface area contributed by atoms with Crippen molar-refractivity contribution in [3.8, 4) is 11.7 Å². The largest absolute Gasteiger partial charge is 0.458 e. The molecule has 1 N–H and O–H groups in total. The molecule has 0 unspecified atom stereocenters. The van der Waals surface area contributed by atoms with Gasteiger partial charge in [-0.2, -0.15) is 4.98 Å². The first-order valence-corrected chi connectivity index (χ1v) is 8.75. The monoisotopic (exact) mass is 388 g/mol. The van der Waals surface area contributed by atoms with Gasteiger partial charge in [-0.3, -0.25) is 4.79 Å². The number of ether oxygens (including phenoxy) is 1. The van der Waals surface area contributed by atoms with Crippen molar-refractivity contribution in [2.24, 2.45) is 0 Å². The Balaban J connectivity index is 1.66. The number of hydrogen-bond acceptors (Lipinski definition) is 6. The fourth-order valence-electron chi connectivity index (χ4n) is 3.13. The van der Waals surface area contributed by atoms with Crippen LogP contribution in [0.3, 0.4) is 0 Å². The smallest absolute Gasteiger partial charge is 0.304 e. The van der Waals surface area contributed by atoms with Crippen molar-refractivity contribution in [1.82, 2.24) is 29.5 Å². The molecule has 0 aliphatic carbocycles. The van der Waals surface area contributed by atoms with E-state index in [1.54, 1.807) is 30.3 Å². The molecule has 0 amide bonds.